The van der Waals surface area contributed by atoms with Crippen molar-refractivity contribution in [2.75, 3.05) is 0 Å². The van der Waals surface area contributed by atoms with E-state index in [1.165, 1.54) is 6.42 Å². The van der Waals surface area contributed by atoms with Crippen molar-refractivity contribution >= 4 is 22.6 Å². The van der Waals surface area contributed by atoms with Gasteiger partial charge in [0.25, 0.3) is 0 Å². The topological polar surface area (TPSA) is 0 Å². The highest BCUT2D eigenvalue weighted by molar-refractivity contribution is 14.1. The van der Waals surface area contributed by atoms with E-state index in [0.717, 1.165) is 61.6 Å². The molecule has 1 saturated carbocycles. The Kier molecular flexibility index (Phi) is 7.07. The lowest BCUT2D eigenvalue weighted by atomic mass is 9.77. The summed E-state index contributed by atoms with van der Waals surface area (Å²) in [6, 6.07) is 9.72. The second kappa shape index (κ2) is 9.29. The minimum Gasteiger partial charge on any atom is -0.205 e. The van der Waals surface area contributed by atoms with Crippen molar-refractivity contribution in [3.05, 3.63) is 56.7 Å². The summed E-state index contributed by atoms with van der Waals surface area (Å²) >= 11 is 1.85. The summed E-state index contributed by atoms with van der Waals surface area (Å²) in [4.78, 5) is 0. The first-order valence-electron chi connectivity index (χ1n) is 9.89. The zero-order valence-electron chi connectivity index (χ0n) is 15.5. The summed E-state index contributed by atoms with van der Waals surface area (Å²) < 4.78 is 30.6. The molecule has 0 atom stereocenters. The molecule has 3 rings (SSSR count). The summed E-state index contributed by atoms with van der Waals surface area (Å²) in [7, 11) is 0. The lowest BCUT2D eigenvalue weighted by Gasteiger charge is -2.28. The third kappa shape index (κ3) is 4.13. The van der Waals surface area contributed by atoms with Gasteiger partial charge in [0.1, 0.15) is 11.6 Å². The van der Waals surface area contributed by atoms with Crippen LogP contribution in [-0.4, -0.2) is 0 Å². The molecule has 0 nitrogen and oxygen atoms in total. The van der Waals surface area contributed by atoms with Crippen LogP contribution in [-0.2, 0) is 6.42 Å². The summed E-state index contributed by atoms with van der Waals surface area (Å²) in [5.41, 5.74) is 3.26. The number of halogens is 3. The second-order valence-electron chi connectivity index (χ2n) is 7.37. The number of benzene rings is 2. The smallest absolute Gasteiger partial charge is 0.147 e. The van der Waals surface area contributed by atoms with Crippen LogP contribution in [0.3, 0.4) is 0 Å². The van der Waals surface area contributed by atoms with E-state index in [1.54, 1.807) is 0 Å². The lowest BCUT2D eigenvalue weighted by Crippen LogP contribution is -2.14. The van der Waals surface area contributed by atoms with E-state index in [1.807, 2.05) is 52.9 Å². The van der Waals surface area contributed by atoms with Gasteiger partial charge >= 0.3 is 0 Å². The monoisotopic (exact) mass is 468 g/mol. The van der Waals surface area contributed by atoms with Crippen LogP contribution in [0.2, 0.25) is 0 Å². The van der Waals surface area contributed by atoms with Crippen LogP contribution in [0, 0.1) is 15.2 Å². The molecule has 1 aliphatic carbocycles. The molecule has 1 fully saturated rings. The maximum Gasteiger partial charge on any atom is 0.147 e. The maximum absolute atomic E-state index is 15.3. The molecule has 1 aliphatic rings. The molecule has 0 saturated heterocycles. The highest BCUT2D eigenvalue weighted by Gasteiger charge is 2.29. The number of hydrogen-bond acceptors (Lipinski definition) is 0. The van der Waals surface area contributed by atoms with Crippen molar-refractivity contribution in [1.82, 2.24) is 0 Å². The summed E-state index contributed by atoms with van der Waals surface area (Å²) in [6.07, 6.45) is 9.48. The Hall–Kier alpha value is -0.970. The minimum absolute atomic E-state index is 0.146. The Bertz CT molecular complexity index is 734. The minimum atomic E-state index is -0.380. The molecule has 0 N–H and O–H groups in total. The second-order valence-corrected chi connectivity index (χ2v) is 8.45. The van der Waals surface area contributed by atoms with Gasteiger partial charge in [-0.1, -0.05) is 69.4 Å². The van der Waals surface area contributed by atoms with E-state index in [0.29, 0.717) is 12.0 Å². The Morgan fingerprint density at radius 2 is 1.65 bits per heavy atom. The van der Waals surface area contributed by atoms with E-state index in [4.69, 9.17) is 0 Å². The summed E-state index contributed by atoms with van der Waals surface area (Å²) in [5, 5.41) is 0. The molecule has 0 bridgehead atoms. The largest absolute Gasteiger partial charge is 0.205 e. The van der Waals surface area contributed by atoms with Crippen molar-refractivity contribution in [2.24, 2.45) is 0 Å². The number of hydrogen-bond donors (Lipinski definition) is 0. The van der Waals surface area contributed by atoms with Crippen LogP contribution in [0.5, 0.6) is 0 Å². The molecule has 0 aromatic heterocycles. The Morgan fingerprint density at radius 3 is 2.31 bits per heavy atom. The molecule has 0 amide bonds. The van der Waals surface area contributed by atoms with Crippen molar-refractivity contribution in [2.45, 2.75) is 70.6 Å². The summed E-state index contributed by atoms with van der Waals surface area (Å²) in [6.45, 7) is 2.15. The fraction of sp³-hybridized carbons (Fsp3) is 0.478. The first-order chi connectivity index (χ1) is 12.6. The van der Waals surface area contributed by atoms with Crippen LogP contribution >= 0.6 is 22.6 Å². The first-order valence-corrected chi connectivity index (χ1v) is 11.0. The molecule has 140 valence electrons. The Labute approximate surface area is 169 Å². The molecule has 3 heteroatoms. The van der Waals surface area contributed by atoms with E-state index in [9.17, 15) is 0 Å². The van der Waals surface area contributed by atoms with Gasteiger partial charge < -0.3 is 0 Å². The van der Waals surface area contributed by atoms with Gasteiger partial charge in [-0.15, -0.1) is 0 Å². The zero-order chi connectivity index (χ0) is 18.5. The third-order valence-corrected chi connectivity index (χ3v) is 6.52. The molecule has 0 unspecified atom stereocenters. The molecule has 2 aromatic carbocycles. The van der Waals surface area contributed by atoms with Crippen molar-refractivity contribution in [3.8, 4) is 11.1 Å². The average molecular weight is 468 g/mol. The molecule has 0 heterocycles. The van der Waals surface area contributed by atoms with Crippen LogP contribution in [0.1, 0.15) is 75.3 Å². The highest BCUT2D eigenvalue weighted by atomic mass is 127. The normalized spacial score (nSPS) is 15.4. The predicted octanol–water partition coefficient (Wildman–Crippen LogP) is 8.02. The van der Waals surface area contributed by atoms with Gasteiger partial charge in [0.2, 0.25) is 0 Å². The molecule has 0 radical (unpaired) electrons. The van der Waals surface area contributed by atoms with E-state index >= 15 is 8.78 Å². The standard InChI is InChI=1S/C23H27F2I/c1-2-3-6-15-18-19(16-11-7-4-8-12-16)20(17-13-9-5-10-14-17)22(25)23(26)21(18)24/h5,9-10,13-14,16H,2-4,6-8,11-12,15H2,1H3. The SMILES string of the molecule is CCCCCc1c(F)c(I)c(F)c(-c2ccccc2)c1C1CCCCC1. The molecule has 26 heavy (non-hydrogen) atoms. The van der Waals surface area contributed by atoms with E-state index < -0.39 is 0 Å². The van der Waals surface area contributed by atoms with Crippen molar-refractivity contribution in [1.29, 1.82) is 0 Å². The van der Waals surface area contributed by atoms with Gasteiger partial charge in [0, 0.05) is 5.56 Å². The van der Waals surface area contributed by atoms with Gasteiger partial charge in [-0.05, 0) is 70.9 Å². The molecular weight excluding hydrogens is 441 g/mol. The van der Waals surface area contributed by atoms with Gasteiger partial charge in [0.05, 0.1) is 3.57 Å². The first kappa shape index (κ1) is 19.8. The number of rotatable bonds is 6. The van der Waals surface area contributed by atoms with Crippen LogP contribution in [0.4, 0.5) is 8.78 Å². The molecule has 2 aromatic rings. The Morgan fingerprint density at radius 1 is 0.962 bits per heavy atom. The van der Waals surface area contributed by atoms with E-state index in [-0.39, 0.29) is 21.1 Å². The van der Waals surface area contributed by atoms with Crippen LogP contribution in [0.15, 0.2) is 30.3 Å². The fourth-order valence-electron chi connectivity index (χ4n) is 4.25. The fourth-order valence-corrected chi connectivity index (χ4v) is 4.85. The van der Waals surface area contributed by atoms with Gasteiger partial charge in [0.15, 0.2) is 0 Å². The van der Waals surface area contributed by atoms with Crippen molar-refractivity contribution < 1.29 is 8.78 Å². The maximum atomic E-state index is 15.3. The van der Waals surface area contributed by atoms with Gasteiger partial charge in [-0.2, -0.15) is 0 Å². The molecular formula is C23H27F2I. The lowest BCUT2D eigenvalue weighted by molar-refractivity contribution is 0.435. The van der Waals surface area contributed by atoms with Gasteiger partial charge in [-0.3, -0.25) is 0 Å². The Balaban J connectivity index is 2.20. The summed E-state index contributed by atoms with van der Waals surface area (Å²) in [5.74, 6) is -0.426. The predicted molar refractivity (Wildman–Crippen MR) is 114 cm³/mol. The van der Waals surface area contributed by atoms with Crippen molar-refractivity contribution in [3.63, 3.8) is 0 Å². The number of unbranched alkanes of at least 4 members (excludes halogenated alkanes) is 2. The van der Waals surface area contributed by atoms with Crippen LogP contribution in [0.25, 0.3) is 11.1 Å². The zero-order valence-corrected chi connectivity index (χ0v) is 17.6. The quantitative estimate of drug-likeness (QED) is 0.229. The third-order valence-electron chi connectivity index (χ3n) is 5.57. The molecule has 0 spiro atoms. The van der Waals surface area contributed by atoms with Gasteiger partial charge in [-0.25, -0.2) is 8.78 Å². The van der Waals surface area contributed by atoms with Crippen LogP contribution < -0.4 is 0 Å². The molecule has 0 aliphatic heterocycles. The highest BCUT2D eigenvalue weighted by Crippen LogP contribution is 2.44. The average Bonchev–Trinajstić information content (AvgIpc) is 2.69. The van der Waals surface area contributed by atoms with E-state index in [2.05, 4.69) is 6.92 Å².